The molecule has 0 radical (unpaired) electrons. The topological polar surface area (TPSA) is 90.4 Å². The Morgan fingerprint density at radius 3 is 2.79 bits per heavy atom. The second-order valence-electron chi connectivity index (χ2n) is 4.55. The zero-order valence-electron chi connectivity index (χ0n) is 11.6. The number of hydrogen-bond donors (Lipinski definition) is 3. The fourth-order valence-corrected chi connectivity index (χ4v) is 1.94. The Hall–Kier alpha value is -1.59. The molecule has 1 rings (SSSR count). The third-order valence-electron chi connectivity index (χ3n) is 3.09. The molecule has 5 N–H and O–H groups in total. The predicted molar refractivity (Wildman–Crippen MR) is 75.8 cm³/mol. The quantitative estimate of drug-likeness (QED) is 0.652. The van der Waals surface area contributed by atoms with Gasteiger partial charge in [0.15, 0.2) is 0 Å². The summed E-state index contributed by atoms with van der Waals surface area (Å²) in [6, 6.07) is 7.40. The third kappa shape index (κ3) is 4.89. The number of carbonyl (C=O) groups is 1. The highest BCUT2D eigenvalue weighted by molar-refractivity contribution is 5.79. The van der Waals surface area contributed by atoms with Crippen molar-refractivity contribution in [3.05, 3.63) is 29.8 Å². The zero-order valence-corrected chi connectivity index (χ0v) is 11.6. The number of rotatable bonds is 8. The maximum atomic E-state index is 11.4. The molecule has 106 valence electrons. The normalized spacial score (nSPS) is 13.8. The first-order valence-electron chi connectivity index (χ1n) is 6.48. The van der Waals surface area contributed by atoms with Crippen molar-refractivity contribution in [3.63, 3.8) is 0 Å². The van der Waals surface area contributed by atoms with Gasteiger partial charge >= 0.3 is 0 Å². The summed E-state index contributed by atoms with van der Waals surface area (Å²) < 4.78 is 5.19. The van der Waals surface area contributed by atoms with Crippen molar-refractivity contribution in [1.82, 2.24) is 5.32 Å². The fraction of sp³-hybridized carbons (Fsp3) is 0.500. The van der Waals surface area contributed by atoms with Crippen LogP contribution in [0, 0.1) is 0 Å². The minimum absolute atomic E-state index is 0.0189. The van der Waals surface area contributed by atoms with E-state index in [2.05, 4.69) is 5.32 Å². The molecule has 0 aliphatic carbocycles. The van der Waals surface area contributed by atoms with Gasteiger partial charge in [-0.25, -0.2) is 0 Å². The molecule has 0 spiro atoms. The highest BCUT2D eigenvalue weighted by Crippen LogP contribution is 2.19. The predicted octanol–water partition coefficient (Wildman–Crippen LogP) is 0.939. The lowest BCUT2D eigenvalue weighted by Crippen LogP contribution is -2.42. The van der Waals surface area contributed by atoms with Gasteiger partial charge in [0.05, 0.1) is 13.2 Å². The minimum Gasteiger partial charge on any atom is -0.497 e. The van der Waals surface area contributed by atoms with E-state index in [9.17, 15) is 4.79 Å². The van der Waals surface area contributed by atoms with Gasteiger partial charge in [0, 0.05) is 6.04 Å². The van der Waals surface area contributed by atoms with Gasteiger partial charge in [-0.3, -0.25) is 10.1 Å². The van der Waals surface area contributed by atoms with E-state index >= 15 is 0 Å². The SMILES string of the molecule is COc1cccc(C(C)N[C@@H](CCCN)C(N)=O)c1. The fourth-order valence-electron chi connectivity index (χ4n) is 1.94. The van der Waals surface area contributed by atoms with Gasteiger partial charge in [0.1, 0.15) is 5.75 Å². The number of primary amides is 1. The largest absolute Gasteiger partial charge is 0.497 e. The van der Waals surface area contributed by atoms with Gasteiger partial charge in [-0.1, -0.05) is 12.1 Å². The van der Waals surface area contributed by atoms with Gasteiger partial charge in [-0.15, -0.1) is 0 Å². The molecule has 2 atom stereocenters. The van der Waals surface area contributed by atoms with Gasteiger partial charge in [0.25, 0.3) is 0 Å². The van der Waals surface area contributed by atoms with Crippen LogP contribution in [-0.2, 0) is 4.79 Å². The first-order valence-corrected chi connectivity index (χ1v) is 6.48. The van der Waals surface area contributed by atoms with Crippen LogP contribution in [0.25, 0.3) is 0 Å². The molecule has 0 aliphatic rings. The molecule has 1 aromatic carbocycles. The van der Waals surface area contributed by atoms with Crippen LogP contribution in [0.4, 0.5) is 0 Å². The Kier molecular flexibility index (Phi) is 6.32. The molecule has 19 heavy (non-hydrogen) atoms. The summed E-state index contributed by atoms with van der Waals surface area (Å²) in [6.07, 6.45) is 1.42. The molecular weight excluding hydrogens is 242 g/mol. The Balaban J connectivity index is 2.69. The number of methoxy groups -OCH3 is 1. The molecule has 5 nitrogen and oxygen atoms in total. The number of amides is 1. The summed E-state index contributed by atoms with van der Waals surface area (Å²) in [5.41, 5.74) is 11.9. The van der Waals surface area contributed by atoms with Crippen molar-refractivity contribution in [3.8, 4) is 5.75 Å². The van der Waals surface area contributed by atoms with E-state index in [1.54, 1.807) is 7.11 Å². The first-order chi connectivity index (χ1) is 9.08. The number of nitrogens with two attached hydrogens (primary N) is 2. The summed E-state index contributed by atoms with van der Waals surface area (Å²) in [7, 11) is 1.63. The van der Waals surface area contributed by atoms with E-state index < -0.39 is 0 Å². The molecule has 0 bridgehead atoms. The summed E-state index contributed by atoms with van der Waals surface area (Å²) in [6.45, 7) is 2.55. The summed E-state index contributed by atoms with van der Waals surface area (Å²) in [5, 5.41) is 3.23. The standard InChI is InChI=1S/C14H23N3O2/c1-10(11-5-3-6-12(9-11)19-2)17-13(14(16)18)7-4-8-15/h3,5-6,9-10,13,17H,4,7-8,15H2,1-2H3,(H2,16,18)/t10?,13-/m0/s1. The third-order valence-corrected chi connectivity index (χ3v) is 3.09. The maximum Gasteiger partial charge on any atom is 0.234 e. The van der Waals surface area contributed by atoms with Crippen LogP contribution < -0.4 is 21.5 Å². The monoisotopic (exact) mass is 265 g/mol. The smallest absolute Gasteiger partial charge is 0.234 e. The van der Waals surface area contributed by atoms with Crippen molar-refractivity contribution in [1.29, 1.82) is 0 Å². The van der Waals surface area contributed by atoms with E-state index in [4.69, 9.17) is 16.2 Å². The molecule has 0 aliphatic heterocycles. The Bertz CT molecular complexity index is 409. The molecule has 0 heterocycles. The highest BCUT2D eigenvalue weighted by atomic mass is 16.5. The van der Waals surface area contributed by atoms with Crippen LogP contribution in [0.2, 0.25) is 0 Å². The molecule has 1 amide bonds. The molecule has 0 fully saturated rings. The van der Waals surface area contributed by atoms with E-state index in [1.165, 1.54) is 0 Å². The van der Waals surface area contributed by atoms with Crippen molar-refractivity contribution >= 4 is 5.91 Å². The molecule has 1 unspecified atom stereocenters. The summed E-state index contributed by atoms with van der Waals surface area (Å²) >= 11 is 0. The lowest BCUT2D eigenvalue weighted by atomic mass is 10.0. The first kappa shape index (κ1) is 15.5. The molecule has 5 heteroatoms. The van der Waals surface area contributed by atoms with Crippen LogP contribution in [-0.4, -0.2) is 25.6 Å². The van der Waals surface area contributed by atoms with Crippen LogP contribution in [0.15, 0.2) is 24.3 Å². The molecule has 0 aromatic heterocycles. The van der Waals surface area contributed by atoms with Crippen molar-refractivity contribution < 1.29 is 9.53 Å². The minimum atomic E-state index is -0.357. The number of ether oxygens (including phenoxy) is 1. The zero-order chi connectivity index (χ0) is 14.3. The average molecular weight is 265 g/mol. The summed E-state index contributed by atoms with van der Waals surface area (Å²) in [4.78, 5) is 11.4. The van der Waals surface area contributed by atoms with E-state index in [0.717, 1.165) is 17.7 Å². The van der Waals surface area contributed by atoms with Crippen molar-refractivity contribution in [2.45, 2.75) is 31.8 Å². The second-order valence-corrected chi connectivity index (χ2v) is 4.55. The van der Waals surface area contributed by atoms with Crippen LogP contribution in [0.5, 0.6) is 5.75 Å². The van der Waals surface area contributed by atoms with Gasteiger partial charge in [0.2, 0.25) is 5.91 Å². The van der Waals surface area contributed by atoms with Crippen molar-refractivity contribution in [2.75, 3.05) is 13.7 Å². The van der Waals surface area contributed by atoms with Gasteiger partial charge < -0.3 is 16.2 Å². The number of benzene rings is 1. The summed E-state index contributed by atoms with van der Waals surface area (Å²) in [5.74, 6) is 0.451. The number of carbonyl (C=O) groups excluding carboxylic acids is 1. The lowest BCUT2D eigenvalue weighted by molar-refractivity contribution is -0.120. The Morgan fingerprint density at radius 1 is 1.47 bits per heavy atom. The molecular formula is C14H23N3O2. The molecule has 0 saturated heterocycles. The average Bonchev–Trinajstić information content (AvgIpc) is 2.42. The lowest BCUT2D eigenvalue weighted by Gasteiger charge is -2.21. The van der Waals surface area contributed by atoms with E-state index in [1.807, 2.05) is 31.2 Å². The van der Waals surface area contributed by atoms with Gasteiger partial charge in [-0.05, 0) is 44.0 Å². The van der Waals surface area contributed by atoms with Crippen LogP contribution in [0.3, 0.4) is 0 Å². The highest BCUT2D eigenvalue weighted by Gasteiger charge is 2.18. The second kappa shape index (κ2) is 7.76. The molecule has 0 saturated carbocycles. The van der Waals surface area contributed by atoms with E-state index in [-0.39, 0.29) is 18.0 Å². The Morgan fingerprint density at radius 2 is 2.21 bits per heavy atom. The van der Waals surface area contributed by atoms with Crippen LogP contribution >= 0.6 is 0 Å². The van der Waals surface area contributed by atoms with E-state index in [0.29, 0.717) is 13.0 Å². The van der Waals surface area contributed by atoms with Crippen molar-refractivity contribution in [2.24, 2.45) is 11.5 Å². The number of nitrogens with one attached hydrogen (secondary N) is 1. The Labute approximate surface area is 114 Å². The van der Waals surface area contributed by atoms with Crippen LogP contribution in [0.1, 0.15) is 31.4 Å². The number of hydrogen-bond acceptors (Lipinski definition) is 4. The molecule has 1 aromatic rings. The maximum absolute atomic E-state index is 11.4. The van der Waals surface area contributed by atoms with Gasteiger partial charge in [-0.2, -0.15) is 0 Å².